The van der Waals surface area contributed by atoms with Crippen LogP contribution >= 0.6 is 23.3 Å². The van der Waals surface area contributed by atoms with Crippen molar-refractivity contribution in [1.82, 2.24) is 19.4 Å². The molecule has 0 aromatic carbocycles. The molecule has 0 bridgehead atoms. The number of rotatable bonds is 5. The fraction of sp³-hybridized carbons (Fsp3) is 0.444. The van der Waals surface area contributed by atoms with Crippen molar-refractivity contribution in [3.63, 3.8) is 0 Å². The van der Waals surface area contributed by atoms with Gasteiger partial charge in [0.15, 0.2) is 0 Å². The molecule has 0 fully saturated rings. The molecule has 0 atom stereocenters. The molecule has 16 heavy (non-hydrogen) atoms. The summed E-state index contributed by atoms with van der Waals surface area (Å²) in [5.41, 5.74) is 1.01. The van der Waals surface area contributed by atoms with E-state index in [2.05, 4.69) is 26.9 Å². The van der Waals surface area contributed by atoms with Gasteiger partial charge in [-0.25, -0.2) is 0 Å². The first-order valence-corrected chi connectivity index (χ1v) is 6.72. The number of aryl methyl sites for hydroxylation is 1. The van der Waals surface area contributed by atoms with Crippen LogP contribution in [-0.2, 0) is 12.8 Å². The first-order chi connectivity index (χ1) is 7.79. The lowest BCUT2D eigenvalue weighted by Gasteiger charge is -2.00. The van der Waals surface area contributed by atoms with Crippen LogP contribution in [-0.4, -0.2) is 25.9 Å². The van der Waals surface area contributed by atoms with Crippen molar-refractivity contribution in [2.45, 2.75) is 17.6 Å². The summed E-state index contributed by atoms with van der Waals surface area (Å²) >= 11 is 3.13. The van der Waals surface area contributed by atoms with Gasteiger partial charge in [-0.2, -0.15) is 5.10 Å². The molecule has 2 heterocycles. The van der Waals surface area contributed by atoms with Crippen LogP contribution in [0.3, 0.4) is 0 Å². The molecule has 86 valence electrons. The molecule has 0 aliphatic rings. The summed E-state index contributed by atoms with van der Waals surface area (Å²) in [6.07, 6.45) is 3.86. The lowest BCUT2D eigenvalue weighted by molar-refractivity contribution is 0.766. The average Bonchev–Trinajstić information content (AvgIpc) is 2.85. The Morgan fingerprint density at radius 1 is 1.56 bits per heavy atom. The second kappa shape index (κ2) is 5.31. The Labute approximate surface area is 102 Å². The highest BCUT2D eigenvalue weighted by molar-refractivity contribution is 7.98. The van der Waals surface area contributed by atoms with Crippen molar-refractivity contribution in [2.24, 2.45) is 7.05 Å². The molecule has 0 saturated heterocycles. The normalized spacial score (nSPS) is 10.6. The van der Waals surface area contributed by atoms with Crippen molar-refractivity contribution in [3.8, 4) is 0 Å². The Kier molecular flexibility index (Phi) is 3.79. The average molecular weight is 255 g/mol. The topological polar surface area (TPSA) is 55.6 Å². The third-order valence-corrected chi connectivity index (χ3v) is 3.64. The van der Waals surface area contributed by atoms with Gasteiger partial charge in [0.25, 0.3) is 0 Å². The van der Waals surface area contributed by atoms with Crippen LogP contribution in [0.25, 0.3) is 0 Å². The first kappa shape index (κ1) is 11.4. The van der Waals surface area contributed by atoms with E-state index in [-0.39, 0.29) is 0 Å². The standard InChI is InChI=1S/C9H13N5S2/c1-3-10-9-8(12-13-16-9)6-15-7-4-11-14(2)5-7/h4-5,10H,3,6H2,1-2H3. The minimum Gasteiger partial charge on any atom is -0.374 e. The van der Waals surface area contributed by atoms with Crippen LogP contribution in [0.4, 0.5) is 5.00 Å². The maximum absolute atomic E-state index is 4.12. The molecule has 5 nitrogen and oxygen atoms in total. The summed E-state index contributed by atoms with van der Waals surface area (Å²) in [5.74, 6) is 0.824. The van der Waals surface area contributed by atoms with Crippen LogP contribution in [0.1, 0.15) is 12.6 Å². The van der Waals surface area contributed by atoms with E-state index in [1.54, 1.807) is 16.4 Å². The minimum absolute atomic E-state index is 0.824. The van der Waals surface area contributed by atoms with E-state index in [4.69, 9.17) is 0 Å². The van der Waals surface area contributed by atoms with Crippen LogP contribution < -0.4 is 5.32 Å². The van der Waals surface area contributed by atoms with Gasteiger partial charge in [-0.1, -0.05) is 4.49 Å². The maximum Gasteiger partial charge on any atom is 0.134 e. The van der Waals surface area contributed by atoms with Crippen molar-refractivity contribution < 1.29 is 0 Å². The number of aromatic nitrogens is 4. The van der Waals surface area contributed by atoms with E-state index in [1.165, 1.54) is 11.5 Å². The summed E-state index contributed by atoms with van der Waals surface area (Å²) in [6.45, 7) is 2.96. The predicted molar refractivity (Wildman–Crippen MR) is 66.8 cm³/mol. The number of anilines is 1. The number of nitrogens with zero attached hydrogens (tertiary/aromatic N) is 4. The summed E-state index contributed by atoms with van der Waals surface area (Å²) in [5, 5.41) is 12.6. The van der Waals surface area contributed by atoms with Gasteiger partial charge in [-0.15, -0.1) is 16.9 Å². The molecular weight excluding hydrogens is 242 g/mol. The Morgan fingerprint density at radius 3 is 3.12 bits per heavy atom. The zero-order valence-corrected chi connectivity index (χ0v) is 10.8. The first-order valence-electron chi connectivity index (χ1n) is 4.96. The van der Waals surface area contributed by atoms with Crippen molar-refractivity contribution in [1.29, 1.82) is 0 Å². The molecule has 1 N–H and O–H groups in total. The fourth-order valence-corrected chi connectivity index (χ4v) is 2.82. The summed E-state index contributed by atoms with van der Waals surface area (Å²) in [7, 11) is 1.92. The maximum atomic E-state index is 4.12. The van der Waals surface area contributed by atoms with Crippen LogP contribution in [0, 0.1) is 0 Å². The third kappa shape index (κ3) is 2.73. The van der Waals surface area contributed by atoms with Gasteiger partial charge >= 0.3 is 0 Å². The molecule has 0 unspecified atom stereocenters. The largest absolute Gasteiger partial charge is 0.374 e. The number of nitrogens with one attached hydrogen (secondary N) is 1. The summed E-state index contributed by atoms with van der Waals surface area (Å²) in [6, 6.07) is 0. The number of hydrogen-bond donors (Lipinski definition) is 1. The van der Waals surface area contributed by atoms with Gasteiger partial charge in [0, 0.05) is 42.0 Å². The Morgan fingerprint density at radius 2 is 2.44 bits per heavy atom. The van der Waals surface area contributed by atoms with Crippen LogP contribution in [0.5, 0.6) is 0 Å². The molecule has 0 saturated carbocycles. The molecule has 0 radical (unpaired) electrons. The lowest BCUT2D eigenvalue weighted by atomic mass is 10.5. The van der Waals surface area contributed by atoms with E-state index in [0.717, 1.165) is 27.9 Å². The zero-order chi connectivity index (χ0) is 11.4. The third-order valence-electron chi connectivity index (χ3n) is 1.95. The molecular formula is C9H13N5S2. The second-order valence-corrected chi connectivity index (χ2v) is 5.02. The molecule has 2 aromatic rings. The number of hydrogen-bond acceptors (Lipinski definition) is 6. The smallest absolute Gasteiger partial charge is 0.134 e. The molecule has 0 spiro atoms. The highest BCUT2D eigenvalue weighted by Crippen LogP contribution is 2.26. The number of thioether (sulfide) groups is 1. The highest BCUT2D eigenvalue weighted by atomic mass is 32.2. The van der Waals surface area contributed by atoms with E-state index < -0.39 is 0 Å². The fourth-order valence-electron chi connectivity index (χ4n) is 1.22. The van der Waals surface area contributed by atoms with Crippen molar-refractivity contribution in [2.75, 3.05) is 11.9 Å². The monoisotopic (exact) mass is 255 g/mol. The van der Waals surface area contributed by atoms with E-state index >= 15 is 0 Å². The van der Waals surface area contributed by atoms with Crippen LogP contribution in [0.15, 0.2) is 17.3 Å². The SMILES string of the molecule is CCNc1snnc1CSc1cnn(C)c1. The van der Waals surface area contributed by atoms with Gasteiger partial charge in [0.2, 0.25) is 0 Å². The highest BCUT2D eigenvalue weighted by Gasteiger charge is 2.07. The van der Waals surface area contributed by atoms with E-state index in [1.807, 2.05) is 19.4 Å². The zero-order valence-electron chi connectivity index (χ0n) is 9.17. The lowest BCUT2D eigenvalue weighted by Crippen LogP contribution is -1.97. The van der Waals surface area contributed by atoms with Crippen molar-refractivity contribution >= 4 is 28.3 Å². The van der Waals surface area contributed by atoms with Crippen LogP contribution in [0.2, 0.25) is 0 Å². The van der Waals surface area contributed by atoms with Gasteiger partial charge in [0.1, 0.15) is 10.7 Å². The quantitative estimate of drug-likeness (QED) is 0.828. The van der Waals surface area contributed by atoms with Gasteiger partial charge in [-0.05, 0) is 6.92 Å². The van der Waals surface area contributed by atoms with E-state index in [9.17, 15) is 0 Å². The van der Waals surface area contributed by atoms with Gasteiger partial charge in [0.05, 0.1) is 6.20 Å². The van der Waals surface area contributed by atoms with Gasteiger partial charge < -0.3 is 5.32 Å². The summed E-state index contributed by atoms with van der Waals surface area (Å²) in [4.78, 5) is 1.15. The predicted octanol–water partition coefficient (Wildman–Crippen LogP) is 2.00. The van der Waals surface area contributed by atoms with E-state index in [0.29, 0.717) is 0 Å². The Bertz CT molecular complexity index is 450. The van der Waals surface area contributed by atoms with Gasteiger partial charge in [-0.3, -0.25) is 4.68 Å². The summed E-state index contributed by atoms with van der Waals surface area (Å²) < 4.78 is 5.75. The second-order valence-electron chi connectivity index (χ2n) is 3.22. The minimum atomic E-state index is 0.824. The molecule has 2 aromatic heterocycles. The molecule has 2 rings (SSSR count). The Balaban J connectivity index is 1.96. The van der Waals surface area contributed by atoms with Crippen molar-refractivity contribution in [3.05, 3.63) is 18.1 Å². The Hall–Kier alpha value is -1.08. The molecule has 0 amide bonds. The molecule has 7 heteroatoms. The molecule has 0 aliphatic heterocycles. The molecule has 0 aliphatic carbocycles.